The van der Waals surface area contributed by atoms with E-state index in [4.69, 9.17) is 5.41 Å². The Morgan fingerprint density at radius 2 is 1.88 bits per heavy atom. The minimum Gasteiger partial charge on any atom is -0.314 e. The topological polar surface area (TPSA) is 35.9 Å². The average molecular weight is 232 g/mol. The Balaban J connectivity index is 2.97. The predicted molar refractivity (Wildman–Crippen MR) is 75.1 cm³/mol. The van der Waals surface area contributed by atoms with Gasteiger partial charge in [-0.3, -0.25) is 0 Å². The number of nitrogens with one attached hydrogen (secondary N) is 2. The summed E-state index contributed by atoms with van der Waals surface area (Å²) in [5, 5.41) is 11.5. The van der Waals surface area contributed by atoms with Crippen molar-refractivity contribution in [3.05, 3.63) is 35.4 Å². The molecule has 0 fully saturated rings. The minimum absolute atomic E-state index is 0.0266. The van der Waals surface area contributed by atoms with Crippen LogP contribution in [0.5, 0.6) is 0 Å². The van der Waals surface area contributed by atoms with Crippen LogP contribution in [0, 0.1) is 5.41 Å². The summed E-state index contributed by atoms with van der Waals surface area (Å²) in [5.74, 6) is 0.462. The molecule has 1 rings (SSSR count). The maximum absolute atomic E-state index is 8.28. The first-order valence-corrected chi connectivity index (χ1v) is 6.23. The maximum Gasteiger partial charge on any atom is 0.0407 e. The highest BCUT2D eigenvalue weighted by molar-refractivity contribution is 6.00. The molecule has 0 saturated heterocycles. The van der Waals surface area contributed by atoms with Crippen LogP contribution in [0.1, 0.15) is 51.2 Å². The van der Waals surface area contributed by atoms with Gasteiger partial charge in [-0.15, -0.1) is 0 Å². The van der Waals surface area contributed by atoms with Crippen molar-refractivity contribution in [2.45, 2.75) is 45.6 Å². The van der Waals surface area contributed by atoms with Crippen LogP contribution in [0.3, 0.4) is 0 Å². The fourth-order valence-corrected chi connectivity index (χ4v) is 1.90. The van der Waals surface area contributed by atoms with Gasteiger partial charge in [0, 0.05) is 17.7 Å². The zero-order valence-corrected chi connectivity index (χ0v) is 11.6. The third-order valence-electron chi connectivity index (χ3n) is 3.20. The highest BCUT2D eigenvalue weighted by Gasteiger charge is 2.19. The molecule has 0 atom stereocenters. The van der Waals surface area contributed by atoms with Crippen LogP contribution in [-0.4, -0.2) is 18.3 Å². The molecule has 0 bridgehead atoms. The van der Waals surface area contributed by atoms with Gasteiger partial charge < -0.3 is 10.7 Å². The summed E-state index contributed by atoms with van der Waals surface area (Å²) in [4.78, 5) is 0. The molecule has 94 valence electrons. The summed E-state index contributed by atoms with van der Waals surface area (Å²) in [6.07, 6.45) is 0.743. The van der Waals surface area contributed by atoms with Gasteiger partial charge in [0.2, 0.25) is 0 Å². The fourth-order valence-electron chi connectivity index (χ4n) is 1.90. The monoisotopic (exact) mass is 232 g/mol. The molecule has 0 unspecified atom stereocenters. The summed E-state index contributed by atoms with van der Waals surface area (Å²) in [5.41, 5.74) is 3.05. The van der Waals surface area contributed by atoms with Crippen molar-refractivity contribution < 1.29 is 0 Å². The molecule has 2 heteroatoms. The second kappa shape index (κ2) is 5.46. The highest BCUT2D eigenvalue weighted by atomic mass is 14.9. The van der Waals surface area contributed by atoms with Gasteiger partial charge in [-0.25, -0.2) is 0 Å². The van der Waals surface area contributed by atoms with E-state index in [9.17, 15) is 0 Å². The molecule has 0 radical (unpaired) electrons. The van der Waals surface area contributed by atoms with E-state index in [1.165, 1.54) is 5.56 Å². The van der Waals surface area contributed by atoms with E-state index in [0.717, 1.165) is 12.0 Å². The van der Waals surface area contributed by atoms with Crippen molar-refractivity contribution in [3.63, 3.8) is 0 Å². The van der Waals surface area contributed by atoms with Crippen molar-refractivity contribution >= 4 is 5.71 Å². The quantitative estimate of drug-likeness (QED) is 0.748. The van der Waals surface area contributed by atoms with E-state index >= 15 is 0 Å². The Morgan fingerprint density at radius 3 is 2.41 bits per heavy atom. The molecule has 0 heterocycles. The molecule has 0 aliphatic rings. The molecular weight excluding hydrogens is 208 g/mol. The van der Waals surface area contributed by atoms with Crippen LogP contribution in [0.2, 0.25) is 0 Å². The van der Waals surface area contributed by atoms with Gasteiger partial charge in [0.25, 0.3) is 0 Å². The summed E-state index contributed by atoms with van der Waals surface area (Å²) in [7, 11) is 1.95. The molecule has 0 amide bonds. The predicted octanol–water partition coefficient (Wildman–Crippen LogP) is 3.57. The van der Waals surface area contributed by atoms with Crippen LogP contribution in [0.4, 0.5) is 0 Å². The lowest BCUT2D eigenvalue weighted by Crippen LogP contribution is -2.38. The first kappa shape index (κ1) is 13.9. The molecule has 0 saturated carbocycles. The maximum atomic E-state index is 8.28. The molecule has 0 aromatic heterocycles. The molecule has 17 heavy (non-hydrogen) atoms. The molecule has 1 aromatic carbocycles. The SMILES string of the molecule is CNC(C)(C)CC(=N)c1ccccc1C(C)C. The Hall–Kier alpha value is -1.15. The molecule has 1 aromatic rings. The minimum atomic E-state index is -0.0266. The van der Waals surface area contributed by atoms with Crippen LogP contribution < -0.4 is 5.32 Å². The first-order chi connectivity index (χ1) is 7.87. The number of rotatable bonds is 5. The number of benzene rings is 1. The van der Waals surface area contributed by atoms with E-state index in [-0.39, 0.29) is 5.54 Å². The van der Waals surface area contributed by atoms with Crippen LogP contribution in [0.25, 0.3) is 0 Å². The van der Waals surface area contributed by atoms with E-state index in [2.05, 4.69) is 51.2 Å². The lowest BCUT2D eigenvalue weighted by Gasteiger charge is -2.25. The Bertz CT molecular complexity index is 392. The zero-order valence-electron chi connectivity index (χ0n) is 11.6. The van der Waals surface area contributed by atoms with Gasteiger partial charge in [-0.05, 0) is 37.9 Å². The second-order valence-electron chi connectivity index (χ2n) is 5.53. The fraction of sp³-hybridized carbons (Fsp3) is 0.533. The summed E-state index contributed by atoms with van der Waals surface area (Å²) >= 11 is 0. The highest BCUT2D eigenvalue weighted by Crippen LogP contribution is 2.22. The summed E-state index contributed by atoms with van der Waals surface area (Å²) < 4.78 is 0. The molecule has 2 N–H and O–H groups in total. The molecule has 2 nitrogen and oxygen atoms in total. The zero-order chi connectivity index (χ0) is 13.1. The van der Waals surface area contributed by atoms with Crippen LogP contribution in [-0.2, 0) is 0 Å². The third kappa shape index (κ3) is 3.67. The van der Waals surface area contributed by atoms with Gasteiger partial charge in [0.1, 0.15) is 0 Å². The normalized spacial score (nSPS) is 11.9. The lowest BCUT2D eigenvalue weighted by atomic mass is 9.88. The Kier molecular flexibility index (Phi) is 4.47. The van der Waals surface area contributed by atoms with Crippen LogP contribution >= 0.6 is 0 Å². The van der Waals surface area contributed by atoms with Crippen molar-refractivity contribution in [1.82, 2.24) is 5.32 Å². The smallest absolute Gasteiger partial charge is 0.0407 e. The Labute approximate surface area is 105 Å². The Morgan fingerprint density at radius 1 is 1.29 bits per heavy atom. The van der Waals surface area contributed by atoms with E-state index in [1.54, 1.807) is 0 Å². The standard InChI is InChI=1S/C15H24N2/c1-11(2)12-8-6-7-9-13(12)14(16)10-15(3,4)17-5/h6-9,11,16-17H,10H2,1-5H3. The molecule has 0 aliphatic carbocycles. The molecular formula is C15H24N2. The second-order valence-corrected chi connectivity index (χ2v) is 5.53. The lowest BCUT2D eigenvalue weighted by molar-refractivity contribution is 0.440. The van der Waals surface area contributed by atoms with E-state index < -0.39 is 0 Å². The number of hydrogen-bond acceptors (Lipinski definition) is 2. The summed E-state index contributed by atoms with van der Waals surface area (Å²) in [6.45, 7) is 8.60. The van der Waals surface area contributed by atoms with Crippen molar-refractivity contribution in [2.24, 2.45) is 0 Å². The number of hydrogen-bond donors (Lipinski definition) is 2. The third-order valence-corrected chi connectivity index (χ3v) is 3.20. The molecule has 0 aliphatic heterocycles. The van der Waals surface area contributed by atoms with Gasteiger partial charge in [-0.2, -0.15) is 0 Å². The molecule has 0 spiro atoms. The van der Waals surface area contributed by atoms with Crippen molar-refractivity contribution in [1.29, 1.82) is 5.41 Å². The van der Waals surface area contributed by atoms with Crippen molar-refractivity contribution in [2.75, 3.05) is 7.05 Å². The van der Waals surface area contributed by atoms with Gasteiger partial charge in [-0.1, -0.05) is 38.1 Å². The van der Waals surface area contributed by atoms with Crippen molar-refractivity contribution in [3.8, 4) is 0 Å². The summed E-state index contributed by atoms with van der Waals surface area (Å²) in [6, 6.07) is 8.25. The van der Waals surface area contributed by atoms with E-state index in [1.807, 2.05) is 13.1 Å². The largest absolute Gasteiger partial charge is 0.314 e. The van der Waals surface area contributed by atoms with Gasteiger partial charge in [0.05, 0.1) is 0 Å². The van der Waals surface area contributed by atoms with E-state index in [0.29, 0.717) is 11.6 Å². The van der Waals surface area contributed by atoms with Gasteiger partial charge in [0.15, 0.2) is 0 Å². The van der Waals surface area contributed by atoms with Crippen LogP contribution in [0.15, 0.2) is 24.3 Å². The van der Waals surface area contributed by atoms with Gasteiger partial charge >= 0.3 is 0 Å². The first-order valence-electron chi connectivity index (χ1n) is 6.23. The average Bonchev–Trinajstić information content (AvgIpc) is 2.28.